The minimum Gasteiger partial charge on any atom is -0.456 e. The summed E-state index contributed by atoms with van der Waals surface area (Å²) in [5.74, 6) is -0.587. The molecule has 0 saturated carbocycles. The van der Waals surface area contributed by atoms with Gasteiger partial charge in [-0.15, -0.1) is 0 Å². The summed E-state index contributed by atoms with van der Waals surface area (Å²) in [6.45, 7) is 7.25. The van der Waals surface area contributed by atoms with Gasteiger partial charge in [0.1, 0.15) is 16.3 Å². The van der Waals surface area contributed by atoms with E-state index in [-0.39, 0.29) is 11.6 Å². The lowest BCUT2D eigenvalue weighted by molar-refractivity contribution is -0.146. The summed E-state index contributed by atoms with van der Waals surface area (Å²) in [4.78, 5) is 11.6. The molecular weight excluding hydrogens is 250 g/mol. The molecule has 1 atom stereocenters. The van der Waals surface area contributed by atoms with Gasteiger partial charge < -0.3 is 10.5 Å². The average Bonchev–Trinajstić information content (AvgIpc) is 2.62. The molecule has 0 saturated heterocycles. The molecule has 0 bridgehead atoms. The molecule has 0 fully saturated rings. The zero-order chi connectivity index (χ0) is 13.9. The SMILES string of the molecule is CC(CC(=N)C(=O)OC(C)(C)C)c1cc(N)sn1. The highest BCUT2D eigenvalue weighted by Crippen LogP contribution is 2.23. The van der Waals surface area contributed by atoms with E-state index in [9.17, 15) is 4.79 Å². The van der Waals surface area contributed by atoms with Crippen LogP contribution in [-0.2, 0) is 9.53 Å². The summed E-state index contributed by atoms with van der Waals surface area (Å²) in [6.07, 6.45) is 0.304. The lowest BCUT2D eigenvalue weighted by atomic mass is 10.0. The predicted octanol–water partition coefficient (Wildman–Crippen LogP) is 2.58. The Kier molecular flexibility index (Phi) is 4.45. The number of rotatable bonds is 4. The fraction of sp³-hybridized carbons (Fsp3) is 0.583. The van der Waals surface area contributed by atoms with Gasteiger partial charge in [0.25, 0.3) is 0 Å². The van der Waals surface area contributed by atoms with Crippen LogP contribution < -0.4 is 5.73 Å². The molecule has 0 aromatic carbocycles. The van der Waals surface area contributed by atoms with E-state index < -0.39 is 11.6 Å². The smallest absolute Gasteiger partial charge is 0.352 e. The summed E-state index contributed by atoms with van der Waals surface area (Å²) in [5, 5.41) is 8.37. The minimum absolute atomic E-state index is 0.0152. The van der Waals surface area contributed by atoms with Crippen LogP contribution in [0.15, 0.2) is 6.07 Å². The van der Waals surface area contributed by atoms with E-state index in [0.29, 0.717) is 11.4 Å². The van der Waals surface area contributed by atoms with Crippen LogP contribution in [0.3, 0.4) is 0 Å². The van der Waals surface area contributed by atoms with Crippen LogP contribution in [0.25, 0.3) is 0 Å². The number of nitrogen functional groups attached to an aromatic ring is 1. The molecule has 0 radical (unpaired) electrons. The molecule has 3 N–H and O–H groups in total. The first-order chi connectivity index (χ1) is 8.19. The highest BCUT2D eigenvalue weighted by Gasteiger charge is 2.22. The van der Waals surface area contributed by atoms with Gasteiger partial charge in [-0.1, -0.05) is 6.92 Å². The first-order valence-corrected chi connectivity index (χ1v) is 6.49. The van der Waals surface area contributed by atoms with Crippen molar-refractivity contribution in [1.82, 2.24) is 4.37 Å². The van der Waals surface area contributed by atoms with Crippen LogP contribution in [0.5, 0.6) is 0 Å². The van der Waals surface area contributed by atoms with Gasteiger partial charge in [-0.3, -0.25) is 5.41 Å². The van der Waals surface area contributed by atoms with Gasteiger partial charge in [0, 0.05) is 12.3 Å². The van der Waals surface area contributed by atoms with E-state index in [2.05, 4.69) is 4.37 Å². The maximum absolute atomic E-state index is 11.6. The Bertz CT molecular complexity index is 448. The van der Waals surface area contributed by atoms with Gasteiger partial charge >= 0.3 is 5.97 Å². The fourth-order valence-corrected chi connectivity index (χ4v) is 1.99. The summed E-state index contributed by atoms with van der Waals surface area (Å²) >= 11 is 1.22. The molecule has 6 heteroatoms. The Morgan fingerprint density at radius 3 is 2.67 bits per heavy atom. The molecule has 0 aliphatic heterocycles. The number of carbonyl (C=O) groups is 1. The van der Waals surface area contributed by atoms with Crippen molar-refractivity contribution in [2.75, 3.05) is 5.73 Å². The van der Waals surface area contributed by atoms with Crippen molar-refractivity contribution in [2.24, 2.45) is 0 Å². The van der Waals surface area contributed by atoms with E-state index >= 15 is 0 Å². The second-order valence-electron chi connectivity index (χ2n) is 5.24. The zero-order valence-electron chi connectivity index (χ0n) is 11.1. The third kappa shape index (κ3) is 4.44. The summed E-state index contributed by atoms with van der Waals surface area (Å²) in [7, 11) is 0. The second-order valence-corrected chi connectivity index (χ2v) is 6.08. The second kappa shape index (κ2) is 5.48. The zero-order valence-corrected chi connectivity index (χ0v) is 11.9. The standard InChI is InChI=1S/C12H19N3O2S/c1-7(9-6-10(14)18-15-9)5-8(13)11(16)17-12(2,3)4/h6-7,13H,5,14H2,1-4H3. The highest BCUT2D eigenvalue weighted by atomic mass is 32.1. The summed E-state index contributed by atoms with van der Waals surface area (Å²) in [6, 6.07) is 1.78. The predicted molar refractivity (Wildman–Crippen MR) is 73.1 cm³/mol. The van der Waals surface area contributed by atoms with Gasteiger partial charge in [-0.2, -0.15) is 4.37 Å². The fourth-order valence-electron chi connectivity index (χ4n) is 1.37. The topological polar surface area (TPSA) is 89.1 Å². The third-order valence-corrected chi connectivity index (χ3v) is 2.84. The van der Waals surface area contributed by atoms with Crippen LogP contribution in [0.4, 0.5) is 5.00 Å². The van der Waals surface area contributed by atoms with Crippen LogP contribution in [0.2, 0.25) is 0 Å². The van der Waals surface area contributed by atoms with Crippen molar-refractivity contribution in [1.29, 1.82) is 5.41 Å². The molecule has 5 nitrogen and oxygen atoms in total. The largest absolute Gasteiger partial charge is 0.456 e. The van der Waals surface area contributed by atoms with Crippen molar-refractivity contribution in [2.45, 2.75) is 45.6 Å². The molecule has 1 unspecified atom stereocenters. The van der Waals surface area contributed by atoms with Crippen LogP contribution in [0.1, 0.15) is 45.7 Å². The number of aromatic nitrogens is 1. The Morgan fingerprint density at radius 2 is 2.22 bits per heavy atom. The molecule has 0 amide bonds. The van der Waals surface area contributed by atoms with Gasteiger partial charge in [0.15, 0.2) is 0 Å². The highest BCUT2D eigenvalue weighted by molar-refractivity contribution is 7.10. The van der Waals surface area contributed by atoms with Gasteiger partial charge in [-0.05, 0) is 38.4 Å². The van der Waals surface area contributed by atoms with Gasteiger partial charge in [-0.25, -0.2) is 4.79 Å². The normalized spacial score (nSPS) is 13.1. The monoisotopic (exact) mass is 269 g/mol. The first-order valence-electron chi connectivity index (χ1n) is 5.72. The van der Waals surface area contributed by atoms with Crippen molar-refractivity contribution < 1.29 is 9.53 Å². The molecule has 0 aliphatic rings. The van der Waals surface area contributed by atoms with E-state index in [4.69, 9.17) is 15.9 Å². The summed E-state index contributed by atoms with van der Waals surface area (Å²) < 4.78 is 9.31. The Hall–Kier alpha value is -1.43. The molecule has 100 valence electrons. The molecule has 1 aromatic heterocycles. The van der Waals surface area contributed by atoms with E-state index in [0.717, 1.165) is 5.69 Å². The maximum Gasteiger partial charge on any atom is 0.352 e. The first kappa shape index (κ1) is 14.6. The van der Waals surface area contributed by atoms with E-state index in [1.165, 1.54) is 11.5 Å². The van der Waals surface area contributed by atoms with E-state index in [1.807, 2.05) is 6.92 Å². The molecule has 1 heterocycles. The number of hydrogen-bond acceptors (Lipinski definition) is 6. The van der Waals surface area contributed by atoms with Crippen molar-refractivity contribution >= 4 is 28.2 Å². The average molecular weight is 269 g/mol. The quantitative estimate of drug-likeness (QED) is 0.649. The molecule has 18 heavy (non-hydrogen) atoms. The number of hydrogen-bond donors (Lipinski definition) is 2. The number of nitrogens with zero attached hydrogens (tertiary/aromatic N) is 1. The number of ether oxygens (including phenoxy) is 1. The van der Waals surface area contributed by atoms with Crippen molar-refractivity contribution in [3.05, 3.63) is 11.8 Å². The molecule has 1 rings (SSSR count). The maximum atomic E-state index is 11.6. The molecule has 0 aliphatic carbocycles. The Labute approximate surface area is 111 Å². The number of carbonyl (C=O) groups excluding carboxylic acids is 1. The lowest BCUT2D eigenvalue weighted by Crippen LogP contribution is -2.29. The van der Waals surface area contributed by atoms with Crippen molar-refractivity contribution in [3.63, 3.8) is 0 Å². The van der Waals surface area contributed by atoms with Crippen LogP contribution in [0, 0.1) is 5.41 Å². The number of nitrogens with one attached hydrogen (secondary N) is 1. The lowest BCUT2D eigenvalue weighted by Gasteiger charge is -2.20. The molecule has 0 spiro atoms. The van der Waals surface area contributed by atoms with Gasteiger partial charge in [0.2, 0.25) is 0 Å². The van der Waals surface area contributed by atoms with E-state index in [1.54, 1.807) is 26.8 Å². The Morgan fingerprint density at radius 1 is 1.61 bits per heavy atom. The number of esters is 1. The third-order valence-electron chi connectivity index (χ3n) is 2.21. The van der Waals surface area contributed by atoms with Gasteiger partial charge in [0.05, 0.1) is 5.69 Å². The van der Waals surface area contributed by atoms with Crippen molar-refractivity contribution in [3.8, 4) is 0 Å². The van der Waals surface area contributed by atoms with Crippen LogP contribution in [-0.4, -0.2) is 21.7 Å². The summed E-state index contributed by atoms with van der Waals surface area (Å²) in [5.41, 5.74) is 5.80. The Balaban J connectivity index is 2.57. The van der Waals surface area contributed by atoms with Crippen LogP contribution >= 0.6 is 11.5 Å². The minimum atomic E-state index is -0.572. The number of nitrogens with two attached hydrogens (primary N) is 1. The molecular formula is C12H19N3O2S. The number of anilines is 1. The molecule has 1 aromatic rings.